The summed E-state index contributed by atoms with van der Waals surface area (Å²) in [6.07, 6.45) is 4.46. The summed E-state index contributed by atoms with van der Waals surface area (Å²) in [4.78, 5) is 42.0. The highest BCUT2D eigenvalue weighted by atomic mass is 16.2. The van der Waals surface area contributed by atoms with Gasteiger partial charge in [0.2, 0.25) is 11.8 Å². The van der Waals surface area contributed by atoms with E-state index in [4.69, 9.17) is 0 Å². The molecule has 8 heteroatoms. The van der Waals surface area contributed by atoms with Gasteiger partial charge in [0, 0.05) is 51.7 Å². The van der Waals surface area contributed by atoms with Crippen LogP contribution in [0.5, 0.6) is 0 Å². The lowest BCUT2D eigenvalue weighted by Gasteiger charge is -2.36. The van der Waals surface area contributed by atoms with Gasteiger partial charge in [0.15, 0.2) is 0 Å². The van der Waals surface area contributed by atoms with Gasteiger partial charge in [-0.15, -0.1) is 0 Å². The van der Waals surface area contributed by atoms with Crippen LogP contribution >= 0.6 is 0 Å². The van der Waals surface area contributed by atoms with E-state index in [9.17, 15) is 14.4 Å². The number of hydrogen-bond acceptors (Lipinski definition) is 4. The summed E-state index contributed by atoms with van der Waals surface area (Å²) in [5.41, 5.74) is 1.49. The molecule has 4 rings (SSSR count). The lowest BCUT2D eigenvalue weighted by atomic mass is 10.1. The molecule has 2 amide bonds. The average Bonchev–Trinajstić information content (AvgIpc) is 3.41. The van der Waals surface area contributed by atoms with Crippen LogP contribution in [0.15, 0.2) is 29.1 Å². The first-order valence-electron chi connectivity index (χ1n) is 11.5. The second-order valence-electron chi connectivity index (χ2n) is 8.60. The van der Waals surface area contributed by atoms with E-state index in [1.54, 1.807) is 9.13 Å². The summed E-state index contributed by atoms with van der Waals surface area (Å²) in [6, 6.07) is 7.57. The third kappa shape index (κ3) is 4.69. The van der Waals surface area contributed by atoms with E-state index in [2.05, 4.69) is 10.2 Å². The second-order valence-corrected chi connectivity index (χ2v) is 8.60. The molecule has 1 saturated heterocycles. The molecule has 1 aromatic carbocycles. The van der Waals surface area contributed by atoms with Gasteiger partial charge in [0.05, 0.1) is 11.0 Å². The van der Waals surface area contributed by atoms with Crippen molar-refractivity contribution >= 4 is 22.8 Å². The maximum Gasteiger partial charge on any atom is 0.329 e. The largest absolute Gasteiger partial charge is 0.353 e. The minimum absolute atomic E-state index is 0.0238. The minimum Gasteiger partial charge on any atom is -0.353 e. The van der Waals surface area contributed by atoms with E-state index in [0.29, 0.717) is 19.0 Å². The molecule has 8 nitrogen and oxygen atoms in total. The highest BCUT2D eigenvalue weighted by Gasteiger charge is 2.29. The number of aromatic nitrogens is 2. The number of aryl methyl sites for hydroxylation is 1. The van der Waals surface area contributed by atoms with Crippen LogP contribution in [0.25, 0.3) is 11.0 Å². The fourth-order valence-electron chi connectivity index (χ4n) is 4.91. The zero-order valence-electron chi connectivity index (χ0n) is 18.4. The van der Waals surface area contributed by atoms with E-state index in [-0.39, 0.29) is 24.1 Å². The molecular formula is C23H33N5O3. The Kier molecular flexibility index (Phi) is 6.75. The van der Waals surface area contributed by atoms with Gasteiger partial charge < -0.3 is 10.2 Å². The van der Waals surface area contributed by atoms with Gasteiger partial charge in [-0.05, 0) is 31.9 Å². The zero-order valence-corrected chi connectivity index (χ0v) is 18.4. The van der Waals surface area contributed by atoms with Crippen molar-refractivity contribution in [3.8, 4) is 0 Å². The van der Waals surface area contributed by atoms with Crippen molar-refractivity contribution < 1.29 is 9.59 Å². The molecule has 2 aliphatic rings. The van der Waals surface area contributed by atoms with E-state index in [1.165, 1.54) is 12.8 Å². The summed E-state index contributed by atoms with van der Waals surface area (Å²) in [5.74, 6) is 0.422. The molecule has 0 spiro atoms. The predicted molar refractivity (Wildman–Crippen MR) is 120 cm³/mol. The van der Waals surface area contributed by atoms with E-state index in [1.807, 2.05) is 36.1 Å². The van der Waals surface area contributed by atoms with E-state index < -0.39 is 0 Å². The fraction of sp³-hybridized carbons (Fsp3) is 0.609. The minimum atomic E-state index is -0.156. The lowest BCUT2D eigenvalue weighted by molar-refractivity contribution is -0.137. The number of amides is 2. The second kappa shape index (κ2) is 9.68. The number of carbonyl (C=O) groups is 2. The quantitative estimate of drug-likeness (QED) is 0.722. The number of carbonyl (C=O) groups excluding carboxylic acids is 2. The first kappa shape index (κ1) is 21.6. The van der Waals surface area contributed by atoms with E-state index >= 15 is 0 Å². The molecule has 168 valence electrons. The maximum atomic E-state index is 12.7. The summed E-state index contributed by atoms with van der Waals surface area (Å²) < 4.78 is 3.23. The molecule has 31 heavy (non-hydrogen) atoms. The number of rotatable bonds is 7. The number of nitrogens with zero attached hydrogens (tertiary/aromatic N) is 4. The monoisotopic (exact) mass is 427 g/mol. The molecule has 0 unspecified atom stereocenters. The van der Waals surface area contributed by atoms with Crippen LogP contribution in [-0.4, -0.2) is 70.0 Å². The molecular weight excluding hydrogens is 394 g/mol. The Bertz CT molecular complexity index is 981. The Morgan fingerprint density at radius 1 is 1.00 bits per heavy atom. The Hall–Kier alpha value is -2.61. The molecule has 0 atom stereocenters. The molecule has 1 saturated carbocycles. The smallest absolute Gasteiger partial charge is 0.329 e. The normalized spacial score (nSPS) is 18.0. The van der Waals surface area contributed by atoms with Crippen molar-refractivity contribution in [3.05, 3.63) is 34.7 Å². The number of imidazole rings is 1. The Balaban J connectivity index is 1.24. The van der Waals surface area contributed by atoms with Gasteiger partial charge in [-0.1, -0.05) is 25.0 Å². The molecule has 1 aromatic heterocycles. The van der Waals surface area contributed by atoms with E-state index in [0.717, 1.165) is 56.6 Å². The summed E-state index contributed by atoms with van der Waals surface area (Å²) in [5, 5.41) is 2.95. The highest BCUT2D eigenvalue weighted by molar-refractivity contribution is 5.81. The van der Waals surface area contributed by atoms with Crippen molar-refractivity contribution in [1.29, 1.82) is 0 Å². The Morgan fingerprint density at radius 2 is 1.65 bits per heavy atom. The van der Waals surface area contributed by atoms with Crippen LogP contribution in [0.2, 0.25) is 0 Å². The molecule has 2 aromatic rings. The van der Waals surface area contributed by atoms with Crippen LogP contribution < -0.4 is 11.0 Å². The zero-order chi connectivity index (χ0) is 21.8. The lowest BCUT2D eigenvalue weighted by Crippen LogP contribution is -2.51. The number of nitrogens with one attached hydrogen (secondary N) is 1. The van der Waals surface area contributed by atoms with Crippen LogP contribution in [0.4, 0.5) is 0 Å². The SMILES string of the molecule is CCn1c(=O)n(CC(=O)NCCN2CCN(C(=O)C3CCCC3)CC2)c2ccccc21. The molecule has 1 aliphatic carbocycles. The summed E-state index contributed by atoms with van der Waals surface area (Å²) in [6.45, 7) is 7.05. The maximum absolute atomic E-state index is 12.7. The van der Waals surface area contributed by atoms with Gasteiger partial charge in [0.1, 0.15) is 6.54 Å². The predicted octanol–water partition coefficient (Wildman–Crippen LogP) is 1.27. The molecule has 1 N–H and O–H groups in total. The fourth-order valence-corrected chi connectivity index (χ4v) is 4.91. The van der Waals surface area contributed by atoms with Crippen molar-refractivity contribution in [3.63, 3.8) is 0 Å². The van der Waals surface area contributed by atoms with Crippen molar-refractivity contribution in [1.82, 2.24) is 24.3 Å². The number of hydrogen-bond donors (Lipinski definition) is 1. The standard InChI is InChI=1S/C23H33N5O3/c1-2-27-19-9-5-6-10-20(19)28(23(27)31)17-21(29)24-11-12-25-13-15-26(16-14-25)22(30)18-7-3-4-8-18/h5-6,9-10,18H,2-4,7-8,11-17H2,1H3,(H,24,29). The number of para-hydroxylation sites is 2. The molecule has 1 aliphatic heterocycles. The first-order chi connectivity index (χ1) is 15.1. The van der Waals surface area contributed by atoms with Crippen molar-refractivity contribution in [2.75, 3.05) is 39.3 Å². The number of piperazine rings is 1. The number of fused-ring (bicyclic) bond motifs is 1. The van der Waals surface area contributed by atoms with Crippen molar-refractivity contribution in [2.45, 2.75) is 45.7 Å². The van der Waals surface area contributed by atoms with Gasteiger partial charge in [-0.25, -0.2) is 4.79 Å². The van der Waals surface area contributed by atoms with Gasteiger partial charge in [-0.2, -0.15) is 0 Å². The van der Waals surface area contributed by atoms with Gasteiger partial charge in [0.25, 0.3) is 0 Å². The van der Waals surface area contributed by atoms with Crippen LogP contribution in [0.1, 0.15) is 32.6 Å². The summed E-state index contributed by atoms with van der Waals surface area (Å²) >= 11 is 0. The average molecular weight is 428 g/mol. The van der Waals surface area contributed by atoms with Crippen molar-refractivity contribution in [2.24, 2.45) is 5.92 Å². The summed E-state index contributed by atoms with van der Waals surface area (Å²) in [7, 11) is 0. The topological polar surface area (TPSA) is 79.6 Å². The molecule has 0 radical (unpaired) electrons. The van der Waals surface area contributed by atoms with Gasteiger partial charge >= 0.3 is 5.69 Å². The number of benzene rings is 1. The van der Waals surface area contributed by atoms with Crippen LogP contribution in [0.3, 0.4) is 0 Å². The molecule has 2 heterocycles. The Morgan fingerprint density at radius 3 is 2.29 bits per heavy atom. The molecule has 0 bridgehead atoms. The third-order valence-corrected chi connectivity index (χ3v) is 6.68. The van der Waals surface area contributed by atoms with Gasteiger partial charge in [-0.3, -0.25) is 23.6 Å². The Labute approximate surface area is 182 Å². The highest BCUT2D eigenvalue weighted by Crippen LogP contribution is 2.26. The first-order valence-corrected chi connectivity index (χ1v) is 11.5. The molecule has 2 fully saturated rings. The third-order valence-electron chi connectivity index (χ3n) is 6.68. The van der Waals surface area contributed by atoms with Crippen LogP contribution in [-0.2, 0) is 22.7 Å². The van der Waals surface area contributed by atoms with Crippen LogP contribution in [0, 0.1) is 5.92 Å².